The minimum atomic E-state index is -0.150. The lowest BCUT2D eigenvalue weighted by molar-refractivity contribution is -0.121. The fourth-order valence-electron chi connectivity index (χ4n) is 3.77. The number of rotatable bonds is 7. The molecule has 3 heterocycles. The Kier molecular flexibility index (Phi) is 6.36. The zero-order chi connectivity index (χ0) is 20.1. The summed E-state index contributed by atoms with van der Waals surface area (Å²) in [4.78, 5) is 16.3. The summed E-state index contributed by atoms with van der Waals surface area (Å²) in [5.41, 5.74) is 1.18. The first-order chi connectivity index (χ1) is 14.2. The summed E-state index contributed by atoms with van der Waals surface area (Å²) < 4.78 is 2.19. The van der Waals surface area contributed by atoms with Crippen molar-refractivity contribution in [1.82, 2.24) is 25.0 Å². The summed E-state index contributed by atoms with van der Waals surface area (Å²) >= 11 is 1.80. The fourth-order valence-corrected chi connectivity index (χ4v) is 4.52. The molecule has 0 aliphatic carbocycles. The summed E-state index contributed by atoms with van der Waals surface area (Å²) in [5, 5.41) is 14.0. The Morgan fingerprint density at radius 3 is 2.79 bits per heavy atom. The molecule has 1 aromatic carbocycles. The van der Waals surface area contributed by atoms with Crippen LogP contribution in [0, 0.1) is 0 Å². The summed E-state index contributed by atoms with van der Waals surface area (Å²) in [6.45, 7) is 5.77. The summed E-state index contributed by atoms with van der Waals surface area (Å²) in [6, 6.07) is 14.2. The molecule has 0 saturated carbocycles. The largest absolute Gasteiger partial charge is 0.346 e. The second-order valence-electron chi connectivity index (χ2n) is 7.51. The van der Waals surface area contributed by atoms with E-state index in [0.29, 0.717) is 6.42 Å². The Labute approximate surface area is 175 Å². The highest BCUT2D eigenvalue weighted by molar-refractivity contribution is 7.09. The first kappa shape index (κ1) is 19.8. The van der Waals surface area contributed by atoms with Crippen LogP contribution in [0.25, 0.3) is 0 Å². The van der Waals surface area contributed by atoms with Crippen LogP contribution >= 0.6 is 11.3 Å². The molecular weight excluding hydrogens is 382 g/mol. The maximum absolute atomic E-state index is 12.4. The lowest BCUT2D eigenvalue weighted by atomic mass is 10.1. The van der Waals surface area contributed by atoms with Gasteiger partial charge in [-0.25, -0.2) is 0 Å². The summed E-state index contributed by atoms with van der Waals surface area (Å²) in [6.07, 6.45) is 2.10. The van der Waals surface area contributed by atoms with Gasteiger partial charge in [-0.15, -0.1) is 21.5 Å². The number of amides is 1. The van der Waals surface area contributed by atoms with E-state index in [1.54, 1.807) is 11.3 Å². The van der Waals surface area contributed by atoms with Gasteiger partial charge in [0.15, 0.2) is 5.82 Å². The quantitative estimate of drug-likeness (QED) is 0.651. The fraction of sp³-hybridized carbons (Fsp3) is 0.409. The van der Waals surface area contributed by atoms with Gasteiger partial charge in [-0.1, -0.05) is 36.4 Å². The third-order valence-corrected chi connectivity index (χ3v) is 6.22. The van der Waals surface area contributed by atoms with Crippen LogP contribution in [-0.4, -0.2) is 38.7 Å². The number of hydrogen-bond donors (Lipinski definition) is 1. The second-order valence-corrected chi connectivity index (χ2v) is 8.54. The van der Waals surface area contributed by atoms with Gasteiger partial charge in [-0.3, -0.25) is 9.69 Å². The van der Waals surface area contributed by atoms with Gasteiger partial charge >= 0.3 is 0 Å². The Bertz CT molecular complexity index is 922. The zero-order valence-corrected chi connectivity index (χ0v) is 17.6. The van der Waals surface area contributed by atoms with Crippen molar-refractivity contribution >= 4 is 17.2 Å². The van der Waals surface area contributed by atoms with E-state index in [-0.39, 0.29) is 11.9 Å². The van der Waals surface area contributed by atoms with Crippen LogP contribution in [0.3, 0.4) is 0 Å². The van der Waals surface area contributed by atoms with Gasteiger partial charge in [0, 0.05) is 43.9 Å². The minimum Gasteiger partial charge on any atom is -0.346 e. The van der Waals surface area contributed by atoms with Crippen LogP contribution in [-0.2, 0) is 30.7 Å². The number of aryl methyl sites for hydroxylation is 1. The van der Waals surface area contributed by atoms with E-state index in [4.69, 9.17) is 0 Å². The van der Waals surface area contributed by atoms with Gasteiger partial charge < -0.3 is 9.88 Å². The van der Waals surface area contributed by atoms with Crippen LogP contribution in [0.5, 0.6) is 0 Å². The second kappa shape index (κ2) is 9.33. The van der Waals surface area contributed by atoms with Gasteiger partial charge in [-0.2, -0.15) is 0 Å². The standard InChI is InChI=1S/C22H27N5OS/c1-17(23-21(28)10-9-18-6-3-2-4-7-18)22-25-24-20-11-12-26(13-14-27(20)22)16-19-8-5-15-29-19/h2-8,15,17H,9-14,16H2,1H3,(H,23,28)/t17-/m1/s1. The number of thiophene rings is 1. The number of hydrogen-bond acceptors (Lipinski definition) is 5. The Morgan fingerprint density at radius 1 is 1.14 bits per heavy atom. The highest BCUT2D eigenvalue weighted by atomic mass is 32.1. The molecule has 0 unspecified atom stereocenters. The van der Waals surface area contributed by atoms with E-state index in [1.165, 1.54) is 10.4 Å². The van der Waals surface area contributed by atoms with Crippen molar-refractivity contribution in [2.24, 2.45) is 0 Å². The van der Waals surface area contributed by atoms with Crippen molar-refractivity contribution in [3.63, 3.8) is 0 Å². The first-order valence-corrected chi connectivity index (χ1v) is 11.1. The lowest BCUT2D eigenvalue weighted by Gasteiger charge is -2.19. The predicted octanol–water partition coefficient (Wildman–Crippen LogP) is 3.21. The molecular formula is C22H27N5OS. The molecule has 1 atom stereocenters. The lowest BCUT2D eigenvalue weighted by Crippen LogP contribution is -2.30. The van der Waals surface area contributed by atoms with Crippen LogP contribution in [0.4, 0.5) is 0 Å². The Morgan fingerprint density at radius 2 is 2.00 bits per heavy atom. The molecule has 1 amide bonds. The predicted molar refractivity (Wildman–Crippen MR) is 115 cm³/mol. The van der Waals surface area contributed by atoms with Crippen molar-refractivity contribution in [3.8, 4) is 0 Å². The minimum absolute atomic E-state index is 0.0478. The molecule has 7 heteroatoms. The third kappa shape index (κ3) is 5.10. The molecule has 0 fully saturated rings. The van der Waals surface area contributed by atoms with Gasteiger partial charge in [0.2, 0.25) is 5.91 Å². The highest BCUT2D eigenvalue weighted by Crippen LogP contribution is 2.18. The molecule has 1 aliphatic heterocycles. The number of nitrogens with one attached hydrogen (secondary N) is 1. The molecule has 152 valence electrons. The maximum Gasteiger partial charge on any atom is 0.220 e. The van der Waals surface area contributed by atoms with Crippen LogP contribution in [0.1, 0.15) is 41.5 Å². The van der Waals surface area contributed by atoms with E-state index in [2.05, 4.69) is 54.6 Å². The van der Waals surface area contributed by atoms with Gasteiger partial charge in [0.1, 0.15) is 5.82 Å². The normalized spacial score (nSPS) is 15.5. The molecule has 4 rings (SSSR count). The maximum atomic E-state index is 12.4. The van der Waals surface area contributed by atoms with E-state index in [9.17, 15) is 4.79 Å². The van der Waals surface area contributed by atoms with Crippen LogP contribution in [0.15, 0.2) is 47.8 Å². The van der Waals surface area contributed by atoms with Gasteiger partial charge in [-0.05, 0) is 30.4 Å². The van der Waals surface area contributed by atoms with Crippen molar-refractivity contribution in [3.05, 3.63) is 69.9 Å². The number of benzene rings is 1. The van der Waals surface area contributed by atoms with E-state index < -0.39 is 0 Å². The third-order valence-electron chi connectivity index (χ3n) is 5.36. The topological polar surface area (TPSA) is 63.1 Å². The van der Waals surface area contributed by atoms with Gasteiger partial charge in [0.25, 0.3) is 0 Å². The van der Waals surface area contributed by atoms with Gasteiger partial charge in [0.05, 0.1) is 6.04 Å². The van der Waals surface area contributed by atoms with E-state index in [1.807, 2.05) is 25.1 Å². The van der Waals surface area contributed by atoms with E-state index >= 15 is 0 Å². The van der Waals surface area contributed by atoms with Crippen molar-refractivity contribution in [2.45, 2.75) is 45.3 Å². The molecule has 0 saturated heterocycles. The monoisotopic (exact) mass is 409 g/mol. The number of fused-ring (bicyclic) bond motifs is 1. The highest BCUT2D eigenvalue weighted by Gasteiger charge is 2.22. The Balaban J connectivity index is 1.33. The molecule has 1 N–H and O–H groups in total. The molecule has 0 spiro atoms. The molecule has 2 aromatic heterocycles. The molecule has 0 radical (unpaired) electrons. The molecule has 29 heavy (non-hydrogen) atoms. The molecule has 6 nitrogen and oxygen atoms in total. The smallest absolute Gasteiger partial charge is 0.220 e. The number of carbonyl (C=O) groups is 1. The number of nitrogens with zero attached hydrogens (tertiary/aromatic N) is 4. The summed E-state index contributed by atoms with van der Waals surface area (Å²) in [5.74, 6) is 1.91. The average molecular weight is 410 g/mol. The van der Waals surface area contributed by atoms with Crippen LogP contribution in [0.2, 0.25) is 0 Å². The van der Waals surface area contributed by atoms with Crippen molar-refractivity contribution in [1.29, 1.82) is 0 Å². The first-order valence-electron chi connectivity index (χ1n) is 10.2. The molecule has 0 bridgehead atoms. The number of carbonyl (C=O) groups excluding carboxylic acids is 1. The molecule has 3 aromatic rings. The zero-order valence-electron chi connectivity index (χ0n) is 16.8. The summed E-state index contributed by atoms with van der Waals surface area (Å²) in [7, 11) is 0. The van der Waals surface area contributed by atoms with Crippen LogP contribution < -0.4 is 5.32 Å². The van der Waals surface area contributed by atoms with E-state index in [0.717, 1.165) is 50.7 Å². The Hall–Kier alpha value is -2.51. The number of aromatic nitrogens is 3. The van der Waals surface area contributed by atoms with Crippen molar-refractivity contribution in [2.75, 3.05) is 13.1 Å². The SMILES string of the molecule is C[C@@H](NC(=O)CCc1ccccc1)c1nnc2n1CCN(Cc1cccs1)CC2. The average Bonchev–Trinajstić information content (AvgIpc) is 3.34. The van der Waals surface area contributed by atoms with Crippen molar-refractivity contribution < 1.29 is 4.79 Å². The molecule has 1 aliphatic rings.